The third-order valence-corrected chi connectivity index (χ3v) is 2.80. The topological polar surface area (TPSA) is 18.5 Å². The van der Waals surface area contributed by atoms with Crippen LogP contribution < -0.4 is 9.47 Å². The molecule has 0 heterocycles. The minimum atomic E-state index is 0.934. The van der Waals surface area contributed by atoms with Crippen molar-refractivity contribution in [1.82, 2.24) is 0 Å². The number of allylic oxidation sites excluding steroid dienone is 1. The molecule has 1 aromatic carbocycles. The van der Waals surface area contributed by atoms with Crippen molar-refractivity contribution in [3.8, 4) is 11.5 Å². The molecule has 0 bridgehead atoms. The average Bonchev–Trinajstić information content (AvgIpc) is 2.53. The normalized spacial score (nSPS) is 14.3. The summed E-state index contributed by atoms with van der Waals surface area (Å²) in [4.78, 5) is 0. The van der Waals surface area contributed by atoms with Crippen molar-refractivity contribution in [3.05, 3.63) is 29.3 Å². The maximum absolute atomic E-state index is 5.38. The van der Waals surface area contributed by atoms with Gasteiger partial charge in [0.1, 0.15) is 11.5 Å². The van der Waals surface area contributed by atoms with E-state index in [-0.39, 0.29) is 0 Å². The predicted molar refractivity (Wildman–Crippen MR) is 61.5 cm³/mol. The Morgan fingerprint density at radius 1 is 1.07 bits per heavy atom. The molecule has 2 rings (SSSR count). The van der Waals surface area contributed by atoms with E-state index < -0.39 is 0 Å². The lowest BCUT2D eigenvalue weighted by Crippen LogP contribution is -1.97. The van der Waals surface area contributed by atoms with Crippen molar-refractivity contribution >= 4 is 6.08 Å². The van der Waals surface area contributed by atoms with E-state index >= 15 is 0 Å². The molecule has 2 nitrogen and oxygen atoms in total. The lowest BCUT2D eigenvalue weighted by Gasteiger charge is -2.13. The van der Waals surface area contributed by atoms with Gasteiger partial charge in [-0.25, -0.2) is 0 Å². The Morgan fingerprint density at radius 2 is 1.80 bits per heavy atom. The monoisotopic (exact) mass is 204 g/mol. The highest BCUT2D eigenvalue weighted by molar-refractivity contribution is 5.65. The predicted octanol–water partition coefficient (Wildman–Crippen LogP) is 3.05. The van der Waals surface area contributed by atoms with Crippen LogP contribution in [0.1, 0.15) is 24.0 Å². The van der Waals surface area contributed by atoms with Gasteiger partial charge in [0.05, 0.1) is 14.2 Å². The van der Waals surface area contributed by atoms with Crippen LogP contribution in [-0.2, 0) is 6.42 Å². The average molecular weight is 204 g/mol. The Bertz CT molecular complexity index is 380. The van der Waals surface area contributed by atoms with Gasteiger partial charge in [-0.15, -0.1) is 0 Å². The van der Waals surface area contributed by atoms with Crippen LogP contribution in [0.15, 0.2) is 18.2 Å². The quantitative estimate of drug-likeness (QED) is 0.737. The fourth-order valence-electron chi connectivity index (χ4n) is 2.03. The first-order valence-electron chi connectivity index (χ1n) is 5.27. The summed E-state index contributed by atoms with van der Waals surface area (Å²) in [5, 5.41) is 0. The second kappa shape index (κ2) is 4.39. The van der Waals surface area contributed by atoms with Crippen molar-refractivity contribution in [3.63, 3.8) is 0 Å². The zero-order chi connectivity index (χ0) is 10.7. The molecule has 0 aromatic heterocycles. The molecular weight excluding hydrogens is 188 g/mol. The van der Waals surface area contributed by atoms with Crippen LogP contribution in [0.25, 0.3) is 6.08 Å². The van der Waals surface area contributed by atoms with E-state index in [4.69, 9.17) is 9.47 Å². The summed E-state index contributed by atoms with van der Waals surface area (Å²) < 4.78 is 10.7. The zero-order valence-electron chi connectivity index (χ0n) is 9.25. The smallest absolute Gasteiger partial charge is 0.126 e. The molecule has 0 saturated carbocycles. The van der Waals surface area contributed by atoms with E-state index in [1.165, 1.54) is 17.5 Å². The first kappa shape index (κ1) is 10.1. The van der Waals surface area contributed by atoms with Crippen molar-refractivity contribution in [2.45, 2.75) is 19.3 Å². The van der Waals surface area contributed by atoms with Crippen molar-refractivity contribution in [2.75, 3.05) is 14.2 Å². The fourth-order valence-corrected chi connectivity index (χ4v) is 2.03. The van der Waals surface area contributed by atoms with Crippen molar-refractivity contribution in [2.24, 2.45) is 0 Å². The number of hydrogen-bond acceptors (Lipinski definition) is 2. The van der Waals surface area contributed by atoms with Gasteiger partial charge < -0.3 is 9.47 Å². The van der Waals surface area contributed by atoms with Crippen LogP contribution in [0.3, 0.4) is 0 Å². The van der Waals surface area contributed by atoms with E-state index in [1.54, 1.807) is 14.2 Å². The van der Waals surface area contributed by atoms with E-state index in [0.29, 0.717) is 0 Å². The van der Waals surface area contributed by atoms with Gasteiger partial charge >= 0.3 is 0 Å². The third kappa shape index (κ3) is 1.84. The molecule has 80 valence electrons. The molecule has 0 aliphatic heterocycles. The summed E-state index contributed by atoms with van der Waals surface area (Å²) >= 11 is 0. The van der Waals surface area contributed by atoms with Gasteiger partial charge in [0.25, 0.3) is 0 Å². The second-order valence-corrected chi connectivity index (χ2v) is 3.66. The molecule has 2 heteroatoms. The van der Waals surface area contributed by atoms with E-state index in [0.717, 1.165) is 24.3 Å². The first-order chi connectivity index (χ1) is 7.36. The molecular formula is C13H16O2. The van der Waals surface area contributed by atoms with E-state index in [1.807, 2.05) is 12.1 Å². The summed E-state index contributed by atoms with van der Waals surface area (Å²) in [5.74, 6) is 1.90. The molecule has 1 aliphatic rings. The van der Waals surface area contributed by atoms with Crippen molar-refractivity contribution < 1.29 is 9.47 Å². The Labute approximate surface area is 90.5 Å². The fraction of sp³-hybridized carbons (Fsp3) is 0.385. The van der Waals surface area contributed by atoms with Gasteiger partial charge in [-0.2, -0.15) is 0 Å². The lowest BCUT2D eigenvalue weighted by molar-refractivity contribution is 0.398. The van der Waals surface area contributed by atoms with E-state index in [9.17, 15) is 0 Å². The minimum Gasteiger partial charge on any atom is -0.496 e. The zero-order valence-corrected chi connectivity index (χ0v) is 9.25. The SMILES string of the molecule is COc1ccc(OC)c2c1C=CCCC2. The molecule has 1 aliphatic carbocycles. The summed E-state index contributed by atoms with van der Waals surface area (Å²) in [6.45, 7) is 0. The molecule has 0 atom stereocenters. The Balaban J connectivity index is 2.56. The van der Waals surface area contributed by atoms with Crippen LogP contribution in [0.5, 0.6) is 11.5 Å². The number of fused-ring (bicyclic) bond motifs is 1. The molecule has 0 saturated heterocycles. The molecule has 0 fully saturated rings. The van der Waals surface area contributed by atoms with E-state index in [2.05, 4.69) is 12.2 Å². The number of methoxy groups -OCH3 is 2. The van der Waals surface area contributed by atoms with Gasteiger partial charge in [-0.3, -0.25) is 0 Å². The molecule has 0 spiro atoms. The second-order valence-electron chi connectivity index (χ2n) is 3.66. The van der Waals surface area contributed by atoms with Gasteiger partial charge in [-0.05, 0) is 31.4 Å². The summed E-state index contributed by atoms with van der Waals surface area (Å²) in [6.07, 6.45) is 7.70. The Morgan fingerprint density at radius 3 is 2.53 bits per heavy atom. The third-order valence-electron chi connectivity index (χ3n) is 2.80. The molecule has 0 radical (unpaired) electrons. The van der Waals surface area contributed by atoms with Gasteiger partial charge in [-0.1, -0.05) is 12.2 Å². The standard InChI is InChI=1S/C13H16O2/c1-14-12-8-9-13(15-2)11-7-5-3-4-6-10(11)12/h4,6,8-9H,3,5,7H2,1-2H3. The van der Waals surface area contributed by atoms with Crippen LogP contribution in [-0.4, -0.2) is 14.2 Å². The molecule has 0 unspecified atom stereocenters. The Kier molecular flexibility index (Phi) is 2.95. The number of hydrogen-bond donors (Lipinski definition) is 0. The van der Waals surface area contributed by atoms with Gasteiger partial charge in [0.2, 0.25) is 0 Å². The van der Waals surface area contributed by atoms with Gasteiger partial charge in [0.15, 0.2) is 0 Å². The summed E-state index contributed by atoms with van der Waals surface area (Å²) in [5.41, 5.74) is 2.44. The molecule has 0 amide bonds. The molecule has 1 aromatic rings. The highest BCUT2D eigenvalue weighted by atomic mass is 16.5. The van der Waals surface area contributed by atoms with Crippen molar-refractivity contribution in [1.29, 1.82) is 0 Å². The Hall–Kier alpha value is -1.44. The highest BCUT2D eigenvalue weighted by Gasteiger charge is 2.13. The van der Waals surface area contributed by atoms with Crippen LogP contribution in [0.4, 0.5) is 0 Å². The first-order valence-corrected chi connectivity index (χ1v) is 5.27. The lowest BCUT2D eigenvalue weighted by atomic mass is 10.0. The van der Waals surface area contributed by atoms with Gasteiger partial charge in [0, 0.05) is 11.1 Å². The molecule has 0 N–H and O–H groups in total. The highest BCUT2D eigenvalue weighted by Crippen LogP contribution is 2.34. The summed E-state index contributed by atoms with van der Waals surface area (Å²) in [6, 6.07) is 3.95. The number of ether oxygens (including phenoxy) is 2. The largest absolute Gasteiger partial charge is 0.496 e. The maximum atomic E-state index is 5.38. The summed E-state index contributed by atoms with van der Waals surface area (Å²) in [7, 11) is 3.43. The van der Waals surface area contributed by atoms with Crippen LogP contribution in [0.2, 0.25) is 0 Å². The number of benzene rings is 1. The molecule has 15 heavy (non-hydrogen) atoms. The number of rotatable bonds is 2. The minimum absolute atomic E-state index is 0.934. The van der Waals surface area contributed by atoms with Crippen LogP contribution in [0, 0.1) is 0 Å². The van der Waals surface area contributed by atoms with Crippen LogP contribution >= 0.6 is 0 Å². The maximum Gasteiger partial charge on any atom is 0.126 e.